The van der Waals surface area contributed by atoms with Crippen LogP contribution in [0, 0.1) is 18.6 Å². The summed E-state index contributed by atoms with van der Waals surface area (Å²) in [5, 5.41) is 0. The van der Waals surface area contributed by atoms with E-state index in [2.05, 4.69) is 0 Å². The molecule has 0 spiro atoms. The van der Waals surface area contributed by atoms with Crippen molar-refractivity contribution in [2.45, 2.75) is 13.3 Å². The monoisotopic (exact) mass is 274 g/mol. The molecule has 0 bridgehead atoms. The normalized spacial score (nSPS) is 10.3. The fraction of sp³-hybridized carbons (Fsp3) is 0.125. The molecule has 0 unspecified atom stereocenters. The first-order chi connectivity index (χ1) is 9.47. The molecule has 0 radical (unpaired) electrons. The van der Waals surface area contributed by atoms with Crippen LogP contribution in [0.1, 0.15) is 32.7 Å². The van der Waals surface area contributed by atoms with E-state index in [4.69, 9.17) is 0 Å². The molecule has 0 heterocycles. The molecule has 2 nitrogen and oxygen atoms in total. The second-order valence-electron chi connectivity index (χ2n) is 4.51. The molecule has 20 heavy (non-hydrogen) atoms. The van der Waals surface area contributed by atoms with Gasteiger partial charge in [-0.05, 0) is 25.1 Å². The Morgan fingerprint density at radius 3 is 2.25 bits per heavy atom. The molecule has 0 aliphatic heterocycles. The maximum absolute atomic E-state index is 13.4. The van der Waals surface area contributed by atoms with Gasteiger partial charge in [0.05, 0.1) is 12.0 Å². The number of aryl methyl sites for hydroxylation is 1. The van der Waals surface area contributed by atoms with E-state index in [-0.39, 0.29) is 0 Å². The van der Waals surface area contributed by atoms with Crippen molar-refractivity contribution >= 4 is 11.6 Å². The molecule has 0 saturated heterocycles. The lowest BCUT2D eigenvalue weighted by Crippen LogP contribution is -2.10. The Morgan fingerprint density at radius 2 is 1.60 bits per heavy atom. The first-order valence-electron chi connectivity index (χ1n) is 6.05. The highest BCUT2D eigenvalue weighted by Gasteiger charge is 2.17. The van der Waals surface area contributed by atoms with Crippen molar-refractivity contribution in [3.63, 3.8) is 0 Å². The third kappa shape index (κ3) is 3.15. The van der Waals surface area contributed by atoms with Crippen molar-refractivity contribution in [3.05, 3.63) is 70.8 Å². The van der Waals surface area contributed by atoms with Crippen molar-refractivity contribution in [1.82, 2.24) is 0 Å². The molecule has 4 heteroatoms. The maximum atomic E-state index is 13.4. The van der Waals surface area contributed by atoms with Crippen LogP contribution in [0.3, 0.4) is 0 Å². The van der Waals surface area contributed by atoms with Gasteiger partial charge in [0.2, 0.25) is 0 Å². The van der Waals surface area contributed by atoms with Gasteiger partial charge >= 0.3 is 0 Å². The van der Waals surface area contributed by atoms with Gasteiger partial charge < -0.3 is 0 Å². The lowest BCUT2D eigenvalue weighted by molar-refractivity contribution is 0.0892. The molecule has 102 valence electrons. The minimum Gasteiger partial charge on any atom is -0.294 e. The molecule has 2 aromatic rings. The summed E-state index contributed by atoms with van der Waals surface area (Å²) in [7, 11) is 0. The summed E-state index contributed by atoms with van der Waals surface area (Å²) >= 11 is 0. The smallest absolute Gasteiger partial charge is 0.173 e. The summed E-state index contributed by atoms with van der Waals surface area (Å²) in [5.74, 6) is -2.68. The fourth-order valence-corrected chi connectivity index (χ4v) is 1.79. The van der Waals surface area contributed by atoms with E-state index >= 15 is 0 Å². The number of carbonyl (C=O) groups is 2. The van der Waals surface area contributed by atoms with E-state index in [9.17, 15) is 18.4 Å². The van der Waals surface area contributed by atoms with Gasteiger partial charge in [-0.15, -0.1) is 0 Å². The van der Waals surface area contributed by atoms with Crippen molar-refractivity contribution in [2.75, 3.05) is 0 Å². The third-order valence-corrected chi connectivity index (χ3v) is 2.92. The minimum absolute atomic E-state index is 0.376. The lowest BCUT2D eigenvalue weighted by Gasteiger charge is -2.03. The fourth-order valence-electron chi connectivity index (χ4n) is 1.79. The molecular weight excluding hydrogens is 262 g/mol. The van der Waals surface area contributed by atoms with Crippen LogP contribution in [0.25, 0.3) is 0 Å². The van der Waals surface area contributed by atoms with E-state index in [1.165, 1.54) is 0 Å². The first-order valence-corrected chi connectivity index (χ1v) is 6.05. The molecule has 0 fully saturated rings. The van der Waals surface area contributed by atoms with Gasteiger partial charge in [0.25, 0.3) is 0 Å². The van der Waals surface area contributed by atoms with Gasteiger partial charge in [0, 0.05) is 5.56 Å². The molecule has 2 rings (SSSR count). The van der Waals surface area contributed by atoms with Crippen LogP contribution in [-0.4, -0.2) is 11.6 Å². The Labute approximate surface area is 115 Å². The molecule has 2 aromatic carbocycles. The molecule has 0 aliphatic carbocycles. The number of Topliss-reactive ketones (excluding diaryl/α,β-unsaturated/α-hetero) is 2. The summed E-state index contributed by atoms with van der Waals surface area (Å²) in [4.78, 5) is 23.7. The molecule has 0 aromatic heterocycles. The first kappa shape index (κ1) is 14.1. The number of hydrogen-bond donors (Lipinski definition) is 0. The van der Waals surface area contributed by atoms with Crippen molar-refractivity contribution in [3.8, 4) is 0 Å². The van der Waals surface area contributed by atoms with E-state index in [0.717, 1.165) is 23.8 Å². The Morgan fingerprint density at radius 1 is 0.950 bits per heavy atom. The maximum Gasteiger partial charge on any atom is 0.173 e. The average Bonchev–Trinajstić information content (AvgIpc) is 2.42. The molecule has 0 saturated carbocycles. The second-order valence-corrected chi connectivity index (χ2v) is 4.51. The van der Waals surface area contributed by atoms with Crippen LogP contribution in [0.4, 0.5) is 8.78 Å². The minimum atomic E-state index is -0.826. The zero-order valence-corrected chi connectivity index (χ0v) is 10.8. The molecule has 0 atom stereocenters. The van der Waals surface area contributed by atoms with Crippen LogP contribution in [0.5, 0.6) is 0 Å². The van der Waals surface area contributed by atoms with Gasteiger partial charge in [0.1, 0.15) is 11.6 Å². The molecule has 0 amide bonds. The van der Waals surface area contributed by atoms with Crippen LogP contribution in [0.2, 0.25) is 0 Å². The quantitative estimate of drug-likeness (QED) is 0.629. The lowest BCUT2D eigenvalue weighted by atomic mass is 10.0. The van der Waals surface area contributed by atoms with Gasteiger partial charge in [-0.25, -0.2) is 8.78 Å². The van der Waals surface area contributed by atoms with Crippen molar-refractivity contribution in [1.29, 1.82) is 0 Å². The van der Waals surface area contributed by atoms with E-state index < -0.39 is 35.2 Å². The summed E-state index contributed by atoms with van der Waals surface area (Å²) in [6.45, 7) is 1.88. The Hall–Kier alpha value is -2.36. The summed E-state index contributed by atoms with van der Waals surface area (Å²) in [6.07, 6.45) is -0.483. The Bertz CT molecular complexity index is 661. The molecule has 0 aliphatic rings. The summed E-state index contributed by atoms with van der Waals surface area (Å²) < 4.78 is 26.4. The molecular formula is C16H12F2O2. The number of rotatable bonds is 4. The standard InChI is InChI=1S/C16H12F2O2/c1-10-2-4-11(5-3-10)15(19)9-16(20)13-8-12(17)6-7-14(13)18/h2-8H,9H2,1H3. The third-order valence-electron chi connectivity index (χ3n) is 2.92. The van der Waals surface area contributed by atoms with Gasteiger partial charge in [0.15, 0.2) is 11.6 Å². The van der Waals surface area contributed by atoms with E-state index in [0.29, 0.717) is 5.56 Å². The highest BCUT2D eigenvalue weighted by Crippen LogP contribution is 2.14. The highest BCUT2D eigenvalue weighted by atomic mass is 19.1. The Balaban J connectivity index is 2.17. The number of benzene rings is 2. The predicted molar refractivity (Wildman–Crippen MR) is 70.8 cm³/mol. The Kier molecular flexibility index (Phi) is 4.03. The van der Waals surface area contributed by atoms with Crippen LogP contribution in [-0.2, 0) is 0 Å². The van der Waals surface area contributed by atoms with Crippen LogP contribution in [0.15, 0.2) is 42.5 Å². The van der Waals surface area contributed by atoms with Gasteiger partial charge in [-0.2, -0.15) is 0 Å². The molecule has 0 N–H and O–H groups in total. The zero-order chi connectivity index (χ0) is 14.7. The van der Waals surface area contributed by atoms with Crippen molar-refractivity contribution in [2.24, 2.45) is 0 Å². The van der Waals surface area contributed by atoms with Gasteiger partial charge in [-0.3, -0.25) is 9.59 Å². The van der Waals surface area contributed by atoms with Crippen LogP contribution >= 0.6 is 0 Å². The largest absolute Gasteiger partial charge is 0.294 e. The number of halogens is 2. The van der Waals surface area contributed by atoms with Crippen LogP contribution < -0.4 is 0 Å². The number of hydrogen-bond acceptors (Lipinski definition) is 2. The number of carbonyl (C=O) groups excluding carboxylic acids is 2. The number of ketones is 2. The summed E-state index contributed by atoms with van der Waals surface area (Å²) in [5.41, 5.74) is 0.968. The topological polar surface area (TPSA) is 34.1 Å². The second kappa shape index (κ2) is 5.74. The summed E-state index contributed by atoms with van der Waals surface area (Å²) in [6, 6.07) is 9.31. The highest BCUT2D eigenvalue weighted by molar-refractivity contribution is 6.13. The van der Waals surface area contributed by atoms with E-state index in [1.54, 1.807) is 24.3 Å². The predicted octanol–water partition coefficient (Wildman–Crippen LogP) is 3.73. The van der Waals surface area contributed by atoms with E-state index in [1.807, 2.05) is 6.92 Å². The van der Waals surface area contributed by atoms with Gasteiger partial charge in [-0.1, -0.05) is 29.8 Å². The van der Waals surface area contributed by atoms with Crippen molar-refractivity contribution < 1.29 is 18.4 Å². The average molecular weight is 274 g/mol. The zero-order valence-electron chi connectivity index (χ0n) is 10.8. The SMILES string of the molecule is Cc1ccc(C(=O)CC(=O)c2cc(F)ccc2F)cc1.